The van der Waals surface area contributed by atoms with Gasteiger partial charge in [0.25, 0.3) is 11.8 Å². The molecular formula is C36H43FN8O7S. The van der Waals surface area contributed by atoms with Crippen molar-refractivity contribution in [3.8, 4) is 5.88 Å². The van der Waals surface area contributed by atoms with E-state index in [2.05, 4.69) is 30.4 Å². The van der Waals surface area contributed by atoms with E-state index in [1.165, 1.54) is 40.0 Å². The second kappa shape index (κ2) is 14.5. The molecule has 0 unspecified atom stereocenters. The van der Waals surface area contributed by atoms with E-state index in [-0.39, 0.29) is 36.5 Å². The zero-order chi connectivity index (χ0) is 37.5. The van der Waals surface area contributed by atoms with E-state index in [1.807, 2.05) is 19.1 Å². The minimum Gasteiger partial charge on any atom is -0.471 e. The molecule has 4 aliphatic rings. The van der Waals surface area contributed by atoms with Crippen LogP contribution in [-0.4, -0.2) is 92.2 Å². The monoisotopic (exact) mass is 750 g/mol. The van der Waals surface area contributed by atoms with Gasteiger partial charge in [0.2, 0.25) is 27.7 Å². The normalized spacial score (nSPS) is 27.1. The molecule has 4 amide bonds. The Kier molecular flexibility index (Phi) is 9.95. The van der Waals surface area contributed by atoms with Gasteiger partial charge in [-0.05, 0) is 63.1 Å². The maximum atomic E-state index is 14.5. The van der Waals surface area contributed by atoms with Crippen LogP contribution in [0.15, 0.2) is 42.6 Å². The Bertz CT molecular complexity index is 2090. The van der Waals surface area contributed by atoms with Crippen LogP contribution in [0.2, 0.25) is 0 Å². The average Bonchev–Trinajstić information content (AvgIpc) is 4.01. The number of carbonyl (C=O) groups is 4. The summed E-state index contributed by atoms with van der Waals surface area (Å²) in [6.45, 7) is 1.80. The highest BCUT2D eigenvalue weighted by Gasteiger charge is 2.62. The number of ether oxygens (including phenoxy) is 1. The first-order valence-corrected chi connectivity index (χ1v) is 19.7. The molecule has 282 valence electrons. The second-order valence-corrected chi connectivity index (χ2v) is 16.3. The largest absolute Gasteiger partial charge is 0.471 e. The van der Waals surface area contributed by atoms with Gasteiger partial charge in [0.05, 0.1) is 22.8 Å². The van der Waals surface area contributed by atoms with Gasteiger partial charge in [0.1, 0.15) is 40.9 Å². The minimum absolute atomic E-state index is 0.00935. The lowest BCUT2D eigenvalue weighted by atomic mass is 10.0. The summed E-state index contributed by atoms with van der Waals surface area (Å²) in [5, 5.41) is 9.13. The van der Waals surface area contributed by atoms with Gasteiger partial charge < -0.3 is 20.3 Å². The van der Waals surface area contributed by atoms with Gasteiger partial charge in [-0.15, -0.1) is 0 Å². The van der Waals surface area contributed by atoms with Crippen molar-refractivity contribution in [2.24, 2.45) is 13.0 Å². The van der Waals surface area contributed by atoms with E-state index < -0.39 is 74.4 Å². The number of fused-ring (bicyclic) bond motifs is 3. The highest BCUT2D eigenvalue weighted by atomic mass is 32.2. The molecule has 2 aromatic heterocycles. The molecule has 7 rings (SSSR count). The first kappa shape index (κ1) is 36.4. The van der Waals surface area contributed by atoms with Crippen LogP contribution < -0.4 is 20.1 Å². The number of aromatic nitrogens is 4. The SMILES string of the molecule is CCc1nc2ccc(F)cc2nc1O[C@@H]1C[C@H]2C(=O)N[C@]3(C(=O)NS(=O)(=O)C4CC4)C[C@H]3/C=C\CCCCC[C@H](NC(=O)c3ccnn3C)C(=O)N2C1. The summed E-state index contributed by atoms with van der Waals surface area (Å²) in [7, 11) is -2.29. The lowest BCUT2D eigenvalue weighted by molar-refractivity contribution is -0.141. The summed E-state index contributed by atoms with van der Waals surface area (Å²) in [6.07, 6.45) is 9.13. The molecule has 15 nitrogen and oxygen atoms in total. The Morgan fingerprint density at radius 2 is 1.91 bits per heavy atom. The number of hydrogen-bond donors (Lipinski definition) is 3. The van der Waals surface area contributed by atoms with E-state index in [9.17, 15) is 32.0 Å². The first-order valence-electron chi connectivity index (χ1n) is 18.2. The Labute approximate surface area is 306 Å². The number of hydrogen-bond acceptors (Lipinski definition) is 10. The van der Waals surface area contributed by atoms with Gasteiger partial charge in [-0.1, -0.05) is 31.9 Å². The standard InChI is InChI=1S/C36H43FN8O7S/c1-3-25-33(41-28-17-22(37)11-14-26(28)39-25)52-23-18-30-32(47)42-36(35(49)43-53(50,51)24-12-13-24)19-21(36)9-7-5-4-6-8-10-27(34(48)45(30)20-23)40-31(46)29-15-16-38-44(29)2/h7,9,11,14-17,21,23-24,27,30H,3-6,8,10,12-13,18-20H2,1-2H3,(H,40,46)(H,42,47)(H,43,49)/b9-7-/t21-,23-,27+,30+,36-/m1/s1. The summed E-state index contributed by atoms with van der Waals surface area (Å²) >= 11 is 0. The van der Waals surface area contributed by atoms with Crippen molar-refractivity contribution in [2.75, 3.05) is 6.54 Å². The molecule has 0 radical (unpaired) electrons. The maximum absolute atomic E-state index is 14.5. The Hall–Kier alpha value is -4.93. The fourth-order valence-corrected chi connectivity index (χ4v) is 8.57. The van der Waals surface area contributed by atoms with Crippen LogP contribution in [0.4, 0.5) is 4.39 Å². The van der Waals surface area contributed by atoms with Crippen molar-refractivity contribution in [1.82, 2.24) is 40.0 Å². The second-order valence-electron chi connectivity index (χ2n) is 14.3. The third-order valence-electron chi connectivity index (χ3n) is 10.5. The molecule has 3 N–H and O–H groups in total. The van der Waals surface area contributed by atoms with E-state index in [0.29, 0.717) is 49.7 Å². The predicted molar refractivity (Wildman–Crippen MR) is 189 cm³/mol. The molecule has 2 aliphatic heterocycles. The lowest BCUT2D eigenvalue weighted by Gasteiger charge is -2.30. The first-order chi connectivity index (χ1) is 25.4. The van der Waals surface area contributed by atoms with E-state index in [4.69, 9.17) is 4.74 Å². The highest BCUT2D eigenvalue weighted by molar-refractivity contribution is 7.91. The maximum Gasteiger partial charge on any atom is 0.270 e. The van der Waals surface area contributed by atoms with Gasteiger partial charge >= 0.3 is 0 Å². The van der Waals surface area contributed by atoms with E-state index in [0.717, 1.165) is 12.8 Å². The van der Waals surface area contributed by atoms with Crippen LogP contribution in [0.3, 0.4) is 0 Å². The zero-order valence-corrected chi connectivity index (χ0v) is 30.4. The number of sulfonamides is 1. The van der Waals surface area contributed by atoms with Crippen molar-refractivity contribution < 1.29 is 36.7 Å². The van der Waals surface area contributed by atoms with E-state index in [1.54, 1.807) is 7.05 Å². The average molecular weight is 751 g/mol. The fraction of sp³-hybridized carbons (Fsp3) is 0.528. The highest BCUT2D eigenvalue weighted by Crippen LogP contribution is 2.46. The number of nitrogens with one attached hydrogen (secondary N) is 3. The molecule has 17 heteroatoms. The molecule has 2 saturated carbocycles. The molecule has 4 heterocycles. The molecule has 5 atom stereocenters. The molecule has 1 aromatic carbocycles. The Morgan fingerprint density at radius 3 is 2.64 bits per heavy atom. The third-order valence-corrected chi connectivity index (χ3v) is 12.3. The van der Waals surface area contributed by atoms with E-state index >= 15 is 0 Å². The Morgan fingerprint density at radius 1 is 1.09 bits per heavy atom. The number of nitrogens with zero attached hydrogens (tertiary/aromatic N) is 5. The van der Waals surface area contributed by atoms with Crippen LogP contribution >= 0.6 is 0 Å². The summed E-state index contributed by atoms with van der Waals surface area (Å²) in [4.78, 5) is 66.4. The van der Waals surface area contributed by atoms with Gasteiger partial charge in [-0.2, -0.15) is 5.10 Å². The summed E-state index contributed by atoms with van der Waals surface area (Å²) in [6, 6.07) is 3.44. The number of rotatable bonds is 8. The van der Waals surface area contributed by atoms with Crippen LogP contribution in [0.5, 0.6) is 5.88 Å². The summed E-state index contributed by atoms with van der Waals surface area (Å²) < 4.78 is 49.7. The number of benzene rings is 1. The van der Waals surface area contributed by atoms with Gasteiger partial charge in [-0.25, -0.2) is 22.8 Å². The number of carbonyl (C=O) groups excluding carboxylic acids is 4. The number of aryl methyl sites for hydroxylation is 2. The van der Waals surface area contributed by atoms with Gasteiger partial charge in [0.15, 0.2) is 0 Å². The topological polar surface area (TPSA) is 195 Å². The van der Waals surface area contributed by atoms with Crippen molar-refractivity contribution in [3.05, 3.63) is 59.8 Å². The quantitative estimate of drug-likeness (QED) is 0.288. The van der Waals surface area contributed by atoms with Gasteiger partial charge in [0, 0.05) is 31.6 Å². The van der Waals surface area contributed by atoms with Crippen molar-refractivity contribution >= 4 is 44.7 Å². The molecule has 3 fully saturated rings. The molecule has 0 spiro atoms. The minimum atomic E-state index is -3.91. The van der Waals surface area contributed by atoms with Crippen LogP contribution in [0, 0.1) is 11.7 Å². The Balaban J connectivity index is 1.21. The smallest absolute Gasteiger partial charge is 0.270 e. The summed E-state index contributed by atoms with van der Waals surface area (Å²) in [5.41, 5.74) is -0.0103. The summed E-state index contributed by atoms with van der Waals surface area (Å²) in [5.74, 6) is -3.29. The van der Waals surface area contributed by atoms with Crippen LogP contribution in [0.25, 0.3) is 11.0 Å². The molecule has 0 bridgehead atoms. The lowest BCUT2D eigenvalue weighted by Crippen LogP contribution is -2.58. The zero-order valence-electron chi connectivity index (χ0n) is 29.6. The molecule has 1 saturated heterocycles. The van der Waals surface area contributed by atoms with Crippen molar-refractivity contribution in [2.45, 2.75) is 100 Å². The fourth-order valence-electron chi connectivity index (χ4n) is 7.21. The number of allylic oxidation sites excluding steroid dienone is 1. The molecule has 53 heavy (non-hydrogen) atoms. The number of amides is 4. The van der Waals surface area contributed by atoms with Crippen molar-refractivity contribution in [1.29, 1.82) is 0 Å². The van der Waals surface area contributed by atoms with Crippen LogP contribution in [-0.2, 0) is 37.9 Å². The predicted octanol–water partition coefficient (Wildman–Crippen LogP) is 2.22. The molecular weight excluding hydrogens is 708 g/mol. The molecule has 3 aromatic rings. The van der Waals surface area contributed by atoms with Crippen LogP contribution in [0.1, 0.15) is 80.9 Å². The van der Waals surface area contributed by atoms with Gasteiger partial charge in [-0.3, -0.25) is 28.6 Å². The number of halogens is 1. The molecule has 2 aliphatic carbocycles. The third kappa shape index (κ3) is 7.61. The van der Waals surface area contributed by atoms with Crippen molar-refractivity contribution in [3.63, 3.8) is 0 Å².